The molecule has 2 N–H and O–H groups in total. The molecule has 69 heavy (non-hydrogen) atoms. The molecule has 0 radical (unpaired) electrons. The summed E-state index contributed by atoms with van der Waals surface area (Å²) >= 11 is 4.02. The molecule has 3 fully saturated rings. The predicted octanol–water partition coefficient (Wildman–Crippen LogP) is 10.6. The molecule has 4 aliphatic rings. The van der Waals surface area contributed by atoms with Crippen molar-refractivity contribution >= 4 is 56.9 Å². The van der Waals surface area contributed by atoms with E-state index >= 15 is 4.39 Å². The minimum absolute atomic E-state index is 0.0394. The van der Waals surface area contributed by atoms with Gasteiger partial charge in [-0.3, -0.25) is 24.7 Å². The van der Waals surface area contributed by atoms with Crippen LogP contribution in [0.25, 0.3) is 16.6 Å². The van der Waals surface area contributed by atoms with Crippen molar-refractivity contribution in [2.75, 3.05) is 50.8 Å². The van der Waals surface area contributed by atoms with Gasteiger partial charge in [-0.2, -0.15) is 9.98 Å². The van der Waals surface area contributed by atoms with Gasteiger partial charge in [0.25, 0.3) is 5.91 Å². The van der Waals surface area contributed by atoms with Crippen LogP contribution in [-0.2, 0) is 11.4 Å². The van der Waals surface area contributed by atoms with Crippen LogP contribution in [0, 0.1) is 26.9 Å². The lowest BCUT2D eigenvalue weighted by atomic mass is 9.72. The molecule has 1 amide bonds. The molecule has 17 heteroatoms. The van der Waals surface area contributed by atoms with Crippen LogP contribution in [0.15, 0.2) is 95.7 Å². The summed E-state index contributed by atoms with van der Waals surface area (Å²) in [4.78, 5) is 40.2. The average Bonchev–Trinajstić information content (AvgIpc) is 4.08. The number of ether oxygens (including phenoxy) is 2. The number of aromatic nitrogens is 2. The maximum absolute atomic E-state index is 16.1. The van der Waals surface area contributed by atoms with E-state index in [1.807, 2.05) is 30.3 Å². The van der Waals surface area contributed by atoms with E-state index < -0.39 is 33.5 Å². The number of nitrogens with zero attached hydrogens (tertiary/aromatic N) is 6. The predicted molar refractivity (Wildman–Crippen MR) is 266 cm³/mol. The standard InChI is InChI=1S/C52H58ClFN8O6S/c1-51(2)18-14-37(45(31-51)35-4-6-38(53)7-5-35)33-59-24-26-60(27-25-59)41-10-12-44(48(29-41)68-42-28-36-17-22-56-49(36)57-32-42)50(63)58-69(66)43-11-13-47(46(30-43)62(64)65)67-34-52(54)19-15-40(16-20-52)61(23-3-21-55)39-8-9-39/h4-7,10-13,17,22,28-30,32,39-40H,3,8-9,14-16,18-20,23-27,31,33-34H2,1-2H3,(H,56,57)(H,58,63). The fourth-order valence-electron chi connectivity index (χ4n) is 10.1. The lowest BCUT2D eigenvalue weighted by Gasteiger charge is -2.39. The Labute approximate surface area is 410 Å². The van der Waals surface area contributed by atoms with Gasteiger partial charge in [-0.05, 0) is 123 Å². The number of benzene rings is 3. The lowest BCUT2D eigenvalue weighted by molar-refractivity contribution is -0.386. The van der Waals surface area contributed by atoms with Crippen LogP contribution in [-0.4, -0.2) is 98.8 Å². The number of pyridine rings is 1. The van der Waals surface area contributed by atoms with Gasteiger partial charge in [-0.15, -0.1) is 0 Å². The first-order valence-electron chi connectivity index (χ1n) is 23.9. The van der Waals surface area contributed by atoms with Crippen LogP contribution >= 0.6 is 11.6 Å². The van der Waals surface area contributed by atoms with Gasteiger partial charge < -0.3 is 23.9 Å². The van der Waals surface area contributed by atoms with Gasteiger partial charge >= 0.3 is 5.69 Å². The highest BCUT2D eigenvalue weighted by atomic mass is 35.5. The summed E-state index contributed by atoms with van der Waals surface area (Å²) in [6, 6.07) is 23.8. The average molecular weight is 978 g/mol. The van der Waals surface area contributed by atoms with E-state index in [1.165, 1.54) is 28.8 Å². The van der Waals surface area contributed by atoms with Crippen LogP contribution in [0.1, 0.15) is 94.0 Å². The summed E-state index contributed by atoms with van der Waals surface area (Å²) in [6.07, 6.45) is 10.9. The van der Waals surface area contributed by atoms with Crippen molar-refractivity contribution in [2.45, 2.75) is 101 Å². The van der Waals surface area contributed by atoms with E-state index in [1.54, 1.807) is 24.5 Å². The molecule has 0 bridgehead atoms. The second-order valence-corrected chi connectivity index (χ2v) is 21.3. The van der Waals surface area contributed by atoms with Crippen LogP contribution in [0.4, 0.5) is 15.8 Å². The topological polar surface area (TPSA) is 176 Å². The molecule has 5 aromatic rings. The van der Waals surface area contributed by atoms with Crippen LogP contribution < -0.4 is 19.1 Å². The zero-order chi connectivity index (χ0) is 48.3. The number of nitriles is 1. The minimum atomic E-state index is -2.24. The largest absolute Gasteiger partial charge is 0.588 e. The van der Waals surface area contributed by atoms with Crippen molar-refractivity contribution in [3.8, 4) is 23.3 Å². The third-order valence-electron chi connectivity index (χ3n) is 14.2. The van der Waals surface area contributed by atoms with Gasteiger partial charge in [0.05, 0.1) is 28.8 Å². The van der Waals surface area contributed by atoms with E-state index in [4.69, 9.17) is 26.3 Å². The molecular formula is C52H58ClFN8O6S. The zero-order valence-electron chi connectivity index (χ0n) is 39.1. The molecule has 362 valence electrons. The summed E-state index contributed by atoms with van der Waals surface area (Å²) in [7, 11) is 0. The molecule has 1 atom stereocenters. The van der Waals surface area contributed by atoms with Gasteiger partial charge in [0, 0.05) is 86.1 Å². The molecule has 3 aromatic carbocycles. The quantitative estimate of drug-likeness (QED) is 0.0515. The number of nitro benzene ring substituents is 1. The minimum Gasteiger partial charge on any atom is -0.588 e. The Hall–Kier alpha value is -5.70. The Kier molecular flexibility index (Phi) is 14.5. The molecule has 2 aromatic heterocycles. The van der Waals surface area contributed by atoms with Crippen molar-refractivity contribution < 1.29 is 28.1 Å². The highest BCUT2D eigenvalue weighted by Crippen LogP contribution is 2.44. The van der Waals surface area contributed by atoms with Crippen molar-refractivity contribution in [2.24, 2.45) is 5.41 Å². The summed E-state index contributed by atoms with van der Waals surface area (Å²) in [5, 5.41) is 22.9. The highest BCUT2D eigenvalue weighted by Gasteiger charge is 2.42. The summed E-state index contributed by atoms with van der Waals surface area (Å²) in [6.45, 7) is 9.04. The number of hydrogen-bond acceptors (Lipinski definition) is 11. The van der Waals surface area contributed by atoms with E-state index in [0.29, 0.717) is 43.2 Å². The number of alkyl halides is 1. The number of piperazine rings is 1. The zero-order valence-corrected chi connectivity index (χ0v) is 40.6. The molecule has 0 spiro atoms. The van der Waals surface area contributed by atoms with Gasteiger partial charge in [0.1, 0.15) is 40.8 Å². The smallest absolute Gasteiger partial charge is 0.316 e. The Morgan fingerprint density at radius 3 is 2.49 bits per heavy atom. The summed E-state index contributed by atoms with van der Waals surface area (Å²) in [5.74, 6) is -0.265. The van der Waals surface area contributed by atoms with Crippen molar-refractivity contribution in [1.29, 1.82) is 5.26 Å². The maximum Gasteiger partial charge on any atom is 0.316 e. The van der Waals surface area contributed by atoms with Gasteiger partial charge in [-0.1, -0.05) is 43.2 Å². The first-order valence-corrected chi connectivity index (χ1v) is 25.4. The second-order valence-electron chi connectivity index (χ2n) is 19.7. The van der Waals surface area contributed by atoms with Crippen LogP contribution in [0.3, 0.4) is 0 Å². The number of carbonyl (C=O) groups excluding carboxylic acids is 1. The maximum atomic E-state index is 16.1. The number of halogens is 2. The summed E-state index contributed by atoms with van der Waals surface area (Å²) in [5.41, 5.74) is 3.81. The second kappa shape index (κ2) is 20.7. The fraction of sp³-hybridized carbons (Fsp3) is 0.442. The van der Waals surface area contributed by atoms with E-state index in [9.17, 15) is 19.5 Å². The van der Waals surface area contributed by atoms with Crippen molar-refractivity contribution in [3.63, 3.8) is 0 Å². The van der Waals surface area contributed by atoms with Crippen molar-refractivity contribution in [1.82, 2.24) is 24.5 Å². The molecule has 1 aliphatic heterocycles. The number of aromatic amines is 1. The third kappa shape index (κ3) is 11.7. The number of fused-ring (bicyclic) bond motifs is 1. The normalized spacial score (nSPS) is 21.2. The lowest BCUT2D eigenvalue weighted by Crippen LogP contribution is -2.47. The first kappa shape index (κ1) is 48.3. The first-order chi connectivity index (χ1) is 33.2. The summed E-state index contributed by atoms with van der Waals surface area (Å²) < 4.78 is 44.5. The molecule has 14 nitrogen and oxygen atoms in total. The van der Waals surface area contributed by atoms with Crippen LogP contribution in [0.2, 0.25) is 5.02 Å². The number of carbonyl (C=O) groups is 1. The van der Waals surface area contributed by atoms with E-state index in [-0.39, 0.29) is 52.9 Å². The Morgan fingerprint density at radius 2 is 1.77 bits per heavy atom. The van der Waals surface area contributed by atoms with E-state index in [2.05, 4.69) is 61.4 Å². The number of hydrogen-bond donors (Lipinski definition) is 2. The Morgan fingerprint density at radius 1 is 1.01 bits per heavy atom. The molecule has 1 saturated heterocycles. The van der Waals surface area contributed by atoms with E-state index in [0.717, 1.165) is 87.0 Å². The molecule has 3 aliphatic carbocycles. The SMILES string of the molecule is CC1(C)CCC(CN2CCN(c3ccc(C(=O)N[S+]([O-])c4ccc(OCC5(F)CCC(N(CCC#N)C6CC6)CC5)c([N+](=O)[O-])c4)c(Oc4cnc5[nH]ccc5c4)c3)CC2)=C(c2ccc(Cl)cc2)C1. The van der Waals surface area contributed by atoms with Gasteiger partial charge in [-0.25, -0.2) is 9.37 Å². The van der Waals surface area contributed by atoms with Crippen LogP contribution in [0.5, 0.6) is 17.2 Å². The third-order valence-corrected chi connectivity index (χ3v) is 15.5. The number of rotatable bonds is 17. The molecule has 3 heterocycles. The highest BCUT2D eigenvalue weighted by molar-refractivity contribution is 7.90. The number of nitro groups is 1. The number of allylic oxidation sites excluding steroid dienone is 1. The Bertz CT molecular complexity index is 2740. The molecule has 9 rings (SSSR count). The molecular weight excluding hydrogens is 919 g/mol. The molecule has 1 unspecified atom stereocenters. The van der Waals surface area contributed by atoms with Gasteiger partial charge in [0.15, 0.2) is 10.6 Å². The number of nitrogens with one attached hydrogen (secondary N) is 2. The number of H-pyrrole nitrogens is 1. The fourth-order valence-corrected chi connectivity index (χ4v) is 11.0. The van der Waals surface area contributed by atoms with Gasteiger partial charge in [0.2, 0.25) is 0 Å². The number of amides is 1. The monoisotopic (exact) mass is 976 g/mol. The Balaban J connectivity index is 0.871. The number of anilines is 1. The molecule has 2 saturated carbocycles. The van der Waals surface area contributed by atoms with Crippen molar-refractivity contribution in [3.05, 3.63) is 117 Å².